The molecule has 0 atom stereocenters. The molecule has 4 amide bonds. The molecule has 8 heteroatoms. The molecule has 2 aromatic carbocycles. The van der Waals surface area contributed by atoms with Crippen LogP contribution in [0.3, 0.4) is 0 Å². The lowest BCUT2D eigenvalue weighted by atomic mass is 10.0. The van der Waals surface area contributed by atoms with E-state index in [1.165, 1.54) is 12.1 Å². The molecule has 0 radical (unpaired) electrons. The number of rotatable bonds is 5. The van der Waals surface area contributed by atoms with E-state index in [9.17, 15) is 14.4 Å². The minimum atomic E-state index is -0.850. The zero-order valence-corrected chi connectivity index (χ0v) is 16.9. The van der Waals surface area contributed by atoms with Gasteiger partial charge in [-0.15, -0.1) is 0 Å². The van der Waals surface area contributed by atoms with Crippen LogP contribution >= 0.6 is 23.2 Å². The standard InChI is InChI=1S/C21H16Cl2N2O4/c1-3-8-29-18-7-6-14(22)9-13(18)10-16-19(26)24-21(28)25(20(16)27)17-11-15(23)5-4-12(17)2/h3-7,9-11H,1,8H2,2H3,(H,24,26,28)/b16-10+. The van der Waals surface area contributed by atoms with Crippen molar-refractivity contribution >= 4 is 52.8 Å². The summed E-state index contributed by atoms with van der Waals surface area (Å²) in [5.74, 6) is -1.19. The van der Waals surface area contributed by atoms with Gasteiger partial charge in [-0.25, -0.2) is 9.69 Å². The summed E-state index contributed by atoms with van der Waals surface area (Å²) in [7, 11) is 0. The fourth-order valence-electron chi connectivity index (χ4n) is 2.77. The van der Waals surface area contributed by atoms with E-state index in [1.807, 2.05) is 0 Å². The van der Waals surface area contributed by atoms with E-state index in [4.69, 9.17) is 27.9 Å². The zero-order valence-electron chi connectivity index (χ0n) is 15.4. The molecule has 6 nitrogen and oxygen atoms in total. The third-order valence-corrected chi connectivity index (χ3v) is 4.61. The molecule has 1 fully saturated rings. The van der Waals surface area contributed by atoms with Gasteiger partial charge in [0.25, 0.3) is 11.8 Å². The number of ether oxygens (including phenoxy) is 1. The van der Waals surface area contributed by atoms with Crippen LogP contribution in [0.4, 0.5) is 10.5 Å². The number of nitrogens with zero attached hydrogens (tertiary/aromatic N) is 1. The summed E-state index contributed by atoms with van der Waals surface area (Å²) in [6, 6.07) is 8.75. The molecule has 0 bridgehead atoms. The van der Waals surface area contributed by atoms with Crippen molar-refractivity contribution in [1.29, 1.82) is 0 Å². The fourth-order valence-corrected chi connectivity index (χ4v) is 3.11. The van der Waals surface area contributed by atoms with Gasteiger partial charge in [0.05, 0.1) is 5.69 Å². The number of anilines is 1. The summed E-state index contributed by atoms with van der Waals surface area (Å²) in [6.45, 7) is 5.54. The molecule has 1 aliphatic rings. The van der Waals surface area contributed by atoms with Crippen molar-refractivity contribution in [2.45, 2.75) is 6.92 Å². The Labute approximate surface area is 177 Å². The fraction of sp³-hybridized carbons (Fsp3) is 0.0952. The van der Waals surface area contributed by atoms with E-state index in [1.54, 1.807) is 43.3 Å². The Morgan fingerprint density at radius 3 is 2.52 bits per heavy atom. The van der Waals surface area contributed by atoms with Gasteiger partial charge in [-0.2, -0.15) is 0 Å². The van der Waals surface area contributed by atoms with Gasteiger partial charge >= 0.3 is 6.03 Å². The number of hydrogen-bond donors (Lipinski definition) is 1. The Balaban J connectivity index is 2.08. The normalized spacial score (nSPS) is 15.5. The van der Waals surface area contributed by atoms with Gasteiger partial charge in [0, 0.05) is 15.6 Å². The first-order valence-corrected chi connectivity index (χ1v) is 9.28. The molecule has 0 aromatic heterocycles. The SMILES string of the molecule is C=CCOc1ccc(Cl)cc1/C=C1\C(=O)NC(=O)N(c2cc(Cl)ccc2C)C1=O. The monoisotopic (exact) mass is 430 g/mol. The zero-order chi connectivity index (χ0) is 21.1. The van der Waals surface area contributed by atoms with Crippen molar-refractivity contribution in [3.8, 4) is 5.75 Å². The molecule has 2 aromatic rings. The van der Waals surface area contributed by atoms with Crippen molar-refractivity contribution in [3.05, 3.63) is 75.8 Å². The van der Waals surface area contributed by atoms with E-state index in [2.05, 4.69) is 11.9 Å². The molecule has 0 spiro atoms. The second-order valence-electron chi connectivity index (χ2n) is 6.17. The molecular formula is C21H16Cl2N2O4. The van der Waals surface area contributed by atoms with Gasteiger partial charge in [0.2, 0.25) is 0 Å². The Morgan fingerprint density at radius 1 is 1.10 bits per heavy atom. The van der Waals surface area contributed by atoms with Crippen molar-refractivity contribution in [3.63, 3.8) is 0 Å². The van der Waals surface area contributed by atoms with E-state index in [0.717, 1.165) is 4.90 Å². The lowest BCUT2D eigenvalue weighted by molar-refractivity contribution is -0.122. The molecule has 1 heterocycles. The lowest BCUT2D eigenvalue weighted by Gasteiger charge is -2.27. The highest BCUT2D eigenvalue weighted by Crippen LogP contribution is 2.30. The number of halogens is 2. The highest BCUT2D eigenvalue weighted by Gasteiger charge is 2.37. The molecule has 3 rings (SSSR count). The van der Waals surface area contributed by atoms with E-state index < -0.39 is 17.8 Å². The number of urea groups is 1. The number of carbonyl (C=O) groups is 3. The molecule has 0 saturated carbocycles. The number of imide groups is 2. The summed E-state index contributed by atoms with van der Waals surface area (Å²) >= 11 is 12.1. The predicted molar refractivity (Wildman–Crippen MR) is 112 cm³/mol. The highest BCUT2D eigenvalue weighted by atomic mass is 35.5. The van der Waals surface area contributed by atoms with Crippen molar-refractivity contribution < 1.29 is 19.1 Å². The number of benzene rings is 2. The molecule has 1 aliphatic heterocycles. The van der Waals surface area contributed by atoms with Crippen molar-refractivity contribution in [1.82, 2.24) is 5.32 Å². The quantitative estimate of drug-likeness (QED) is 0.429. The Hall–Kier alpha value is -3.09. The van der Waals surface area contributed by atoms with Crippen molar-refractivity contribution in [2.24, 2.45) is 0 Å². The van der Waals surface area contributed by atoms with Gasteiger partial charge in [-0.05, 0) is 48.9 Å². The summed E-state index contributed by atoms with van der Waals surface area (Å²) in [6.07, 6.45) is 2.90. The van der Waals surface area contributed by atoms with Crippen LogP contribution in [-0.2, 0) is 9.59 Å². The van der Waals surface area contributed by atoms with Crippen molar-refractivity contribution in [2.75, 3.05) is 11.5 Å². The summed E-state index contributed by atoms with van der Waals surface area (Å²) in [5.41, 5.74) is 1.10. The number of carbonyl (C=O) groups excluding carboxylic acids is 3. The highest BCUT2D eigenvalue weighted by molar-refractivity contribution is 6.40. The maximum Gasteiger partial charge on any atom is 0.335 e. The van der Waals surface area contributed by atoms with Crippen LogP contribution in [0.25, 0.3) is 6.08 Å². The summed E-state index contributed by atoms with van der Waals surface area (Å²) < 4.78 is 5.56. The molecule has 148 valence electrons. The summed E-state index contributed by atoms with van der Waals surface area (Å²) in [5, 5.41) is 2.92. The van der Waals surface area contributed by atoms with Crippen LogP contribution in [0.1, 0.15) is 11.1 Å². The van der Waals surface area contributed by atoms with E-state index in [-0.39, 0.29) is 17.9 Å². The van der Waals surface area contributed by atoms with Crippen LogP contribution in [0.5, 0.6) is 5.75 Å². The molecule has 1 saturated heterocycles. The minimum Gasteiger partial charge on any atom is -0.489 e. The van der Waals surface area contributed by atoms with Gasteiger partial charge in [-0.1, -0.05) is 41.9 Å². The maximum atomic E-state index is 13.1. The second kappa shape index (κ2) is 8.51. The van der Waals surface area contributed by atoms with Gasteiger partial charge in [0.1, 0.15) is 17.9 Å². The van der Waals surface area contributed by atoms with E-state index in [0.29, 0.717) is 26.9 Å². The van der Waals surface area contributed by atoms with Crippen LogP contribution < -0.4 is 15.0 Å². The van der Waals surface area contributed by atoms with Gasteiger partial charge in [0.15, 0.2) is 0 Å². The van der Waals surface area contributed by atoms with Crippen LogP contribution in [0.15, 0.2) is 54.6 Å². The number of aryl methyl sites for hydroxylation is 1. The average molecular weight is 431 g/mol. The number of nitrogens with one attached hydrogen (secondary N) is 1. The first-order valence-electron chi connectivity index (χ1n) is 8.52. The van der Waals surface area contributed by atoms with Gasteiger partial charge < -0.3 is 4.74 Å². The van der Waals surface area contributed by atoms with E-state index >= 15 is 0 Å². The van der Waals surface area contributed by atoms with Crippen LogP contribution in [0, 0.1) is 6.92 Å². The molecule has 0 aliphatic carbocycles. The lowest BCUT2D eigenvalue weighted by Crippen LogP contribution is -2.54. The minimum absolute atomic E-state index is 0.226. The largest absolute Gasteiger partial charge is 0.489 e. The molecule has 0 unspecified atom stereocenters. The third-order valence-electron chi connectivity index (χ3n) is 4.14. The Kier molecular flexibility index (Phi) is 6.06. The molecule has 1 N–H and O–H groups in total. The Bertz CT molecular complexity index is 1060. The third kappa shape index (κ3) is 4.34. The number of barbiturate groups is 1. The van der Waals surface area contributed by atoms with Gasteiger partial charge in [-0.3, -0.25) is 14.9 Å². The van der Waals surface area contributed by atoms with Crippen LogP contribution in [-0.4, -0.2) is 24.5 Å². The topological polar surface area (TPSA) is 75.7 Å². The first kappa shape index (κ1) is 20.6. The molecule has 29 heavy (non-hydrogen) atoms. The smallest absolute Gasteiger partial charge is 0.335 e. The predicted octanol–water partition coefficient (Wildman–Crippen LogP) is 4.53. The maximum absolute atomic E-state index is 13.1. The second-order valence-corrected chi connectivity index (χ2v) is 7.04. The average Bonchev–Trinajstić information content (AvgIpc) is 2.67. The Morgan fingerprint density at radius 2 is 1.79 bits per heavy atom. The number of amides is 4. The first-order chi connectivity index (χ1) is 13.8. The van der Waals surface area contributed by atoms with Crippen LogP contribution in [0.2, 0.25) is 10.0 Å². The number of hydrogen-bond acceptors (Lipinski definition) is 4. The molecular weight excluding hydrogens is 415 g/mol. The summed E-state index contributed by atoms with van der Waals surface area (Å²) in [4.78, 5) is 38.7.